The monoisotopic (exact) mass is 704 g/mol. The van der Waals surface area contributed by atoms with E-state index in [9.17, 15) is 0 Å². The van der Waals surface area contributed by atoms with Crippen molar-refractivity contribution in [3.63, 3.8) is 0 Å². The lowest BCUT2D eigenvalue weighted by Gasteiger charge is -2.14. The predicted molar refractivity (Wildman–Crippen MR) is 235 cm³/mol. The summed E-state index contributed by atoms with van der Waals surface area (Å²) in [6.45, 7) is 13.2. The Kier molecular flexibility index (Phi) is 13.6. The summed E-state index contributed by atoms with van der Waals surface area (Å²) in [5.41, 5.74) is 22.8. The van der Waals surface area contributed by atoms with Crippen LogP contribution in [0.15, 0.2) is 151 Å². The summed E-state index contributed by atoms with van der Waals surface area (Å²) in [6.07, 6.45) is 17.2. The third-order valence-corrected chi connectivity index (χ3v) is 10.8. The maximum absolute atomic E-state index is 4.16. The fourth-order valence-corrected chi connectivity index (χ4v) is 7.61. The Bertz CT molecular complexity index is 2300. The largest absolute Gasteiger partial charge is 0.120 e. The van der Waals surface area contributed by atoms with Crippen molar-refractivity contribution in [2.24, 2.45) is 0 Å². The van der Waals surface area contributed by atoms with Crippen molar-refractivity contribution in [1.82, 2.24) is 0 Å². The van der Waals surface area contributed by atoms with Gasteiger partial charge in [-0.3, -0.25) is 0 Å². The van der Waals surface area contributed by atoms with E-state index in [1.54, 1.807) is 0 Å². The second-order valence-electron chi connectivity index (χ2n) is 14.8. The second-order valence-corrected chi connectivity index (χ2v) is 14.8. The molecule has 1 aliphatic rings. The van der Waals surface area contributed by atoms with Gasteiger partial charge >= 0.3 is 0 Å². The van der Waals surface area contributed by atoms with Crippen molar-refractivity contribution in [2.45, 2.75) is 91.9 Å². The van der Waals surface area contributed by atoms with Crippen molar-refractivity contribution in [3.8, 4) is 0 Å². The zero-order chi connectivity index (χ0) is 37.7. The van der Waals surface area contributed by atoms with Crippen LogP contribution < -0.4 is 10.4 Å². The van der Waals surface area contributed by atoms with Crippen LogP contribution >= 0.6 is 0 Å². The molecule has 1 aliphatic carbocycles. The number of fused-ring (bicyclic) bond motifs is 1. The molecule has 272 valence electrons. The minimum Gasteiger partial charge on any atom is -0.120 e. The lowest BCUT2D eigenvalue weighted by atomic mass is 9.89. The molecule has 0 heteroatoms. The van der Waals surface area contributed by atoms with Crippen LogP contribution in [-0.2, 0) is 12.8 Å². The van der Waals surface area contributed by atoms with Crippen molar-refractivity contribution < 1.29 is 0 Å². The summed E-state index contributed by atoms with van der Waals surface area (Å²) >= 11 is 0. The molecule has 0 heterocycles. The molecule has 5 aromatic carbocycles. The molecule has 0 N–H and O–H groups in total. The molecule has 0 aliphatic heterocycles. The molecule has 0 aromatic heterocycles. The third kappa shape index (κ3) is 9.58. The molecule has 0 nitrogen and oxygen atoms in total. The Morgan fingerprint density at radius 3 is 1.81 bits per heavy atom. The fraction of sp³-hybridized carbons (Fsp3) is 0.259. The Hall–Kier alpha value is -5.38. The van der Waals surface area contributed by atoms with Gasteiger partial charge in [0.05, 0.1) is 0 Å². The van der Waals surface area contributed by atoms with E-state index in [-0.39, 0.29) is 0 Å². The van der Waals surface area contributed by atoms with Crippen LogP contribution in [0.25, 0.3) is 28.0 Å². The molecule has 0 saturated carbocycles. The van der Waals surface area contributed by atoms with Gasteiger partial charge in [0, 0.05) is 10.8 Å². The third-order valence-electron chi connectivity index (χ3n) is 10.8. The molecule has 6 rings (SSSR count). The summed E-state index contributed by atoms with van der Waals surface area (Å²) in [6, 6.07) is 44.6. The Morgan fingerprint density at radius 2 is 1.22 bits per heavy atom. The summed E-state index contributed by atoms with van der Waals surface area (Å²) in [7, 11) is 0. The highest BCUT2D eigenvalue weighted by Crippen LogP contribution is 2.31. The summed E-state index contributed by atoms with van der Waals surface area (Å²) in [5.74, 6) is 0. The topological polar surface area (TPSA) is 0 Å². The zero-order valence-electron chi connectivity index (χ0n) is 33.0. The summed E-state index contributed by atoms with van der Waals surface area (Å²) in [4.78, 5) is 0. The van der Waals surface area contributed by atoms with E-state index >= 15 is 0 Å². The van der Waals surface area contributed by atoms with Crippen LogP contribution in [0.1, 0.15) is 117 Å². The number of hydrogen-bond donors (Lipinski definition) is 0. The first-order chi connectivity index (χ1) is 26.5. The fourth-order valence-electron chi connectivity index (χ4n) is 7.61. The van der Waals surface area contributed by atoms with Gasteiger partial charge in [-0.1, -0.05) is 168 Å². The molecule has 0 bridgehead atoms. The van der Waals surface area contributed by atoms with Crippen LogP contribution in [0.4, 0.5) is 0 Å². The SMILES string of the molecule is C=C=C(/C=C(/c1ccccc1)c1cc2c(cc1C)=C(c1ccccc1)C=C(c1ccc(CCCCCC)cc1)C(C)=C=2)c1ccc(CCCCCC)cc1. The van der Waals surface area contributed by atoms with E-state index in [0.29, 0.717) is 0 Å². The predicted octanol–water partition coefficient (Wildman–Crippen LogP) is 13.2. The molecule has 54 heavy (non-hydrogen) atoms. The maximum atomic E-state index is 4.16. The molecule has 0 amide bonds. The number of hydrogen-bond acceptors (Lipinski definition) is 0. The molecular weight excluding hydrogens is 649 g/mol. The van der Waals surface area contributed by atoms with Crippen molar-refractivity contribution in [3.05, 3.63) is 206 Å². The van der Waals surface area contributed by atoms with Crippen LogP contribution in [-0.4, -0.2) is 0 Å². The van der Waals surface area contributed by atoms with Gasteiger partial charge < -0.3 is 0 Å². The average molecular weight is 705 g/mol. The van der Waals surface area contributed by atoms with Gasteiger partial charge in [0.1, 0.15) is 0 Å². The van der Waals surface area contributed by atoms with E-state index in [1.807, 2.05) is 0 Å². The highest BCUT2D eigenvalue weighted by atomic mass is 14.2. The van der Waals surface area contributed by atoms with Crippen molar-refractivity contribution >= 4 is 28.0 Å². The summed E-state index contributed by atoms with van der Waals surface area (Å²) < 4.78 is 0. The molecule has 0 atom stereocenters. The quantitative estimate of drug-likeness (QED) is 0.0545. The van der Waals surface area contributed by atoms with Gasteiger partial charge in [-0.25, -0.2) is 0 Å². The Labute approximate surface area is 325 Å². The minimum absolute atomic E-state index is 0.991. The first kappa shape index (κ1) is 38.3. The standard InChI is InChI=1S/C54H56/c1-6-9-11-15-21-42-27-31-45(32-28-42)44(8-3)37-53(46-23-17-13-18-24-46)51-38-49-35-40(4)50(48-33-29-43(30-34-48)22-16-12-10-7-2)39-54(52(49)36-41(51)5)47-25-19-14-20-26-47/h13-14,17-20,23-34,36-39H,3,6-7,9-12,15-16,21-22H2,1-2,4-5H3/b53-37-. The number of aryl methyl sites for hydroxylation is 3. The maximum Gasteiger partial charge on any atom is 0.0252 e. The van der Waals surface area contributed by atoms with Crippen molar-refractivity contribution in [2.75, 3.05) is 0 Å². The molecular formula is C54H56. The Balaban J connectivity index is 1.47. The van der Waals surface area contributed by atoms with Gasteiger partial charge in [0.25, 0.3) is 0 Å². The Morgan fingerprint density at radius 1 is 0.630 bits per heavy atom. The van der Waals surface area contributed by atoms with Gasteiger partial charge in [-0.2, -0.15) is 0 Å². The van der Waals surface area contributed by atoms with Gasteiger partial charge in [0.15, 0.2) is 0 Å². The second kappa shape index (κ2) is 19.1. The number of rotatable bonds is 16. The number of benzene rings is 5. The van der Waals surface area contributed by atoms with E-state index < -0.39 is 0 Å². The van der Waals surface area contributed by atoms with Gasteiger partial charge in [0.2, 0.25) is 0 Å². The smallest absolute Gasteiger partial charge is 0.0252 e. The van der Waals surface area contributed by atoms with E-state index in [0.717, 1.165) is 45.9 Å². The van der Waals surface area contributed by atoms with Crippen LogP contribution in [0.2, 0.25) is 0 Å². The van der Waals surface area contributed by atoms with E-state index in [1.165, 1.54) is 101 Å². The van der Waals surface area contributed by atoms with Crippen molar-refractivity contribution in [1.29, 1.82) is 0 Å². The minimum atomic E-state index is 0.991. The first-order valence-electron chi connectivity index (χ1n) is 20.2. The van der Waals surface area contributed by atoms with Crippen LogP contribution in [0, 0.1) is 6.92 Å². The van der Waals surface area contributed by atoms with Gasteiger partial charge in [-0.05, 0) is 136 Å². The first-order valence-corrected chi connectivity index (χ1v) is 20.2. The normalized spacial score (nSPS) is 12.6. The molecule has 0 fully saturated rings. The molecule has 0 saturated heterocycles. The highest BCUT2D eigenvalue weighted by molar-refractivity contribution is 5.94. The zero-order valence-corrected chi connectivity index (χ0v) is 33.0. The highest BCUT2D eigenvalue weighted by Gasteiger charge is 2.15. The van der Waals surface area contributed by atoms with Gasteiger partial charge in [-0.15, -0.1) is 11.5 Å². The van der Waals surface area contributed by atoms with Crippen LogP contribution in [0.5, 0.6) is 0 Å². The van der Waals surface area contributed by atoms with Crippen LogP contribution in [0.3, 0.4) is 0 Å². The molecule has 0 unspecified atom stereocenters. The average Bonchev–Trinajstić information content (AvgIpc) is 3.35. The van der Waals surface area contributed by atoms with E-state index in [4.69, 9.17) is 0 Å². The lowest BCUT2D eigenvalue weighted by Crippen LogP contribution is -2.27. The lowest BCUT2D eigenvalue weighted by molar-refractivity contribution is 0.667. The summed E-state index contributed by atoms with van der Waals surface area (Å²) in [5, 5.41) is 2.30. The number of unbranched alkanes of at least 4 members (excludes halogenated alkanes) is 6. The molecule has 5 aromatic rings. The molecule has 0 spiro atoms. The van der Waals surface area contributed by atoms with E-state index in [2.05, 4.69) is 179 Å². The number of allylic oxidation sites excluding steroid dienone is 5. The molecule has 0 radical (unpaired) electrons.